The molecule has 8 heteroatoms. The minimum Gasteiger partial charge on any atom is -0.497 e. The van der Waals surface area contributed by atoms with Crippen molar-refractivity contribution in [1.29, 1.82) is 0 Å². The van der Waals surface area contributed by atoms with Crippen LogP contribution >= 0.6 is 0 Å². The molecular formula is C19H26N2O6. The van der Waals surface area contributed by atoms with Gasteiger partial charge in [0.25, 0.3) is 0 Å². The molecule has 1 saturated carbocycles. The number of rotatable bonds is 8. The van der Waals surface area contributed by atoms with Gasteiger partial charge < -0.3 is 30.3 Å². The first-order chi connectivity index (χ1) is 13.0. The lowest BCUT2D eigenvalue weighted by atomic mass is 10.1. The highest BCUT2D eigenvalue weighted by atomic mass is 16.5. The maximum atomic E-state index is 12.1. The van der Waals surface area contributed by atoms with Crippen LogP contribution in [0.2, 0.25) is 0 Å². The molecule has 1 aromatic carbocycles. The largest absolute Gasteiger partial charge is 0.497 e. The van der Waals surface area contributed by atoms with Gasteiger partial charge in [0.05, 0.1) is 19.6 Å². The molecule has 4 atom stereocenters. The minimum atomic E-state index is -1.17. The Morgan fingerprint density at radius 3 is 2.41 bits per heavy atom. The Labute approximate surface area is 157 Å². The van der Waals surface area contributed by atoms with Crippen LogP contribution in [-0.2, 0) is 20.9 Å². The average Bonchev–Trinajstić information content (AvgIpc) is 3.49. The molecule has 2 amide bonds. The average molecular weight is 378 g/mol. The van der Waals surface area contributed by atoms with Crippen molar-refractivity contribution >= 4 is 11.8 Å². The number of benzene rings is 1. The highest BCUT2D eigenvalue weighted by Crippen LogP contribution is 2.29. The molecule has 1 saturated heterocycles. The summed E-state index contributed by atoms with van der Waals surface area (Å²) >= 11 is 0. The summed E-state index contributed by atoms with van der Waals surface area (Å²) < 4.78 is 10.7. The summed E-state index contributed by atoms with van der Waals surface area (Å²) in [4.78, 5) is 23.8. The fraction of sp³-hybridized carbons (Fsp3) is 0.579. The molecule has 0 bridgehead atoms. The lowest BCUT2D eigenvalue weighted by Crippen LogP contribution is -2.40. The van der Waals surface area contributed by atoms with Crippen LogP contribution in [0.4, 0.5) is 0 Å². The van der Waals surface area contributed by atoms with Gasteiger partial charge in [0.15, 0.2) is 0 Å². The summed E-state index contributed by atoms with van der Waals surface area (Å²) in [6.45, 7) is 0.465. The number of ether oxygens (including phenoxy) is 2. The molecule has 0 radical (unpaired) electrons. The van der Waals surface area contributed by atoms with Crippen molar-refractivity contribution in [3.8, 4) is 5.75 Å². The highest BCUT2D eigenvalue weighted by Gasteiger charge is 2.43. The summed E-state index contributed by atoms with van der Waals surface area (Å²) in [5, 5.41) is 25.7. The van der Waals surface area contributed by atoms with E-state index in [-0.39, 0.29) is 30.7 Å². The molecule has 148 valence electrons. The first-order valence-electron chi connectivity index (χ1n) is 9.17. The van der Waals surface area contributed by atoms with Gasteiger partial charge in [0.1, 0.15) is 24.1 Å². The molecule has 0 unspecified atom stereocenters. The number of carbonyl (C=O) groups is 2. The summed E-state index contributed by atoms with van der Waals surface area (Å²) in [7, 11) is 1.59. The number of carbonyl (C=O) groups excluding carboxylic acids is 2. The molecule has 27 heavy (non-hydrogen) atoms. The lowest BCUT2D eigenvalue weighted by Gasteiger charge is -2.15. The third-order valence-corrected chi connectivity index (χ3v) is 4.92. The third-order valence-electron chi connectivity index (χ3n) is 4.92. The molecule has 0 spiro atoms. The minimum absolute atomic E-state index is 0.0547. The van der Waals surface area contributed by atoms with Crippen LogP contribution in [0.15, 0.2) is 24.3 Å². The van der Waals surface area contributed by atoms with Crippen LogP contribution in [-0.4, -0.2) is 60.1 Å². The van der Waals surface area contributed by atoms with Gasteiger partial charge in [-0.3, -0.25) is 9.59 Å². The fourth-order valence-electron chi connectivity index (χ4n) is 3.05. The number of amides is 2. The summed E-state index contributed by atoms with van der Waals surface area (Å²) in [6.07, 6.45) is -2.12. The van der Waals surface area contributed by atoms with E-state index in [1.165, 1.54) is 0 Å². The van der Waals surface area contributed by atoms with Crippen LogP contribution in [0.1, 0.15) is 24.8 Å². The SMILES string of the molecule is COc1ccc(CNC(=O)C[C@H]2O[C@H](CNC(=O)C3CC3)[C@@H](O)[C@H]2O)cc1. The van der Waals surface area contributed by atoms with Crippen LogP contribution in [0.5, 0.6) is 5.75 Å². The van der Waals surface area contributed by atoms with Gasteiger partial charge in [0.2, 0.25) is 11.8 Å². The zero-order valence-corrected chi connectivity index (χ0v) is 15.3. The molecule has 3 rings (SSSR count). The monoisotopic (exact) mass is 378 g/mol. The van der Waals surface area contributed by atoms with Crippen LogP contribution in [0.3, 0.4) is 0 Å². The first-order valence-corrected chi connectivity index (χ1v) is 9.17. The van der Waals surface area contributed by atoms with Gasteiger partial charge in [-0.15, -0.1) is 0 Å². The van der Waals surface area contributed by atoms with E-state index in [1.807, 2.05) is 24.3 Å². The van der Waals surface area contributed by atoms with Gasteiger partial charge in [0, 0.05) is 19.0 Å². The molecule has 4 N–H and O–H groups in total. The Kier molecular flexibility index (Phi) is 6.30. The molecule has 8 nitrogen and oxygen atoms in total. The molecule has 1 aliphatic heterocycles. The van der Waals surface area contributed by atoms with Gasteiger partial charge >= 0.3 is 0 Å². The van der Waals surface area contributed by atoms with E-state index in [9.17, 15) is 19.8 Å². The second kappa shape index (κ2) is 8.69. The Balaban J connectivity index is 1.43. The van der Waals surface area contributed by atoms with Gasteiger partial charge in [-0.25, -0.2) is 0 Å². The van der Waals surface area contributed by atoms with Gasteiger partial charge in [-0.05, 0) is 30.5 Å². The highest BCUT2D eigenvalue weighted by molar-refractivity contribution is 5.80. The van der Waals surface area contributed by atoms with Crippen molar-refractivity contribution in [2.45, 2.75) is 50.2 Å². The second-order valence-corrected chi connectivity index (χ2v) is 7.04. The molecule has 1 aromatic rings. The lowest BCUT2D eigenvalue weighted by molar-refractivity contribution is -0.126. The van der Waals surface area contributed by atoms with Crippen LogP contribution in [0, 0.1) is 5.92 Å². The number of aliphatic hydroxyl groups is 2. The standard InChI is InChI=1S/C19H26N2O6/c1-26-13-6-2-11(3-7-13)9-20-16(22)8-14-17(23)18(24)15(27-14)10-21-19(25)12-4-5-12/h2-3,6-7,12,14-15,17-18,23-24H,4-5,8-10H2,1H3,(H,20,22)(H,21,25)/t14-,15-,17+,18-/m1/s1. The van der Waals surface area contributed by atoms with Crippen molar-refractivity contribution in [3.63, 3.8) is 0 Å². The predicted molar refractivity (Wildman–Crippen MR) is 95.9 cm³/mol. The smallest absolute Gasteiger partial charge is 0.223 e. The van der Waals surface area contributed by atoms with E-state index in [0.717, 1.165) is 24.2 Å². The third kappa shape index (κ3) is 5.18. The number of nitrogens with one attached hydrogen (secondary N) is 2. The van der Waals surface area contributed by atoms with E-state index >= 15 is 0 Å². The number of aliphatic hydroxyl groups excluding tert-OH is 2. The molecule has 1 heterocycles. The van der Waals surface area contributed by atoms with Crippen LogP contribution in [0.25, 0.3) is 0 Å². The van der Waals surface area contributed by atoms with Gasteiger partial charge in [-0.1, -0.05) is 12.1 Å². The Bertz CT molecular complexity index is 661. The molecule has 2 fully saturated rings. The number of hydrogen-bond acceptors (Lipinski definition) is 6. The fourth-order valence-corrected chi connectivity index (χ4v) is 3.05. The maximum Gasteiger partial charge on any atom is 0.223 e. The first kappa shape index (κ1) is 19.6. The van der Waals surface area contributed by atoms with E-state index in [1.54, 1.807) is 7.11 Å². The van der Waals surface area contributed by atoms with Crippen molar-refractivity contribution in [3.05, 3.63) is 29.8 Å². The zero-order chi connectivity index (χ0) is 19.4. The van der Waals surface area contributed by atoms with E-state index in [2.05, 4.69) is 10.6 Å². The predicted octanol–water partition coefficient (Wildman–Crippen LogP) is -0.283. The molecular weight excluding hydrogens is 352 g/mol. The van der Waals surface area contributed by atoms with Crippen molar-refractivity contribution in [1.82, 2.24) is 10.6 Å². The van der Waals surface area contributed by atoms with Gasteiger partial charge in [-0.2, -0.15) is 0 Å². The quantitative estimate of drug-likeness (QED) is 0.494. The van der Waals surface area contributed by atoms with E-state index < -0.39 is 24.4 Å². The topological polar surface area (TPSA) is 117 Å². The normalized spacial score (nSPS) is 27.2. The molecule has 2 aliphatic rings. The Morgan fingerprint density at radius 1 is 1.11 bits per heavy atom. The molecule has 0 aromatic heterocycles. The molecule has 1 aliphatic carbocycles. The van der Waals surface area contributed by atoms with Crippen LogP contribution < -0.4 is 15.4 Å². The van der Waals surface area contributed by atoms with Crippen molar-refractivity contribution in [2.75, 3.05) is 13.7 Å². The van der Waals surface area contributed by atoms with Crippen molar-refractivity contribution in [2.24, 2.45) is 5.92 Å². The number of hydrogen-bond donors (Lipinski definition) is 4. The summed E-state index contributed by atoms with van der Waals surface area (Å²) in [6, 6.07) is 7.31. The summed E-state index contributed by atoms with van der Waals surface area (Å²) in [5.74, 6) is 0.458. The van der Waals surface area contributed by atoms with Crippen molar-refractivity contribution < 1.29 is 29.3 Å². The van der Waals surface area contributed by atoms with E-state index in [0.29, 0.717) is 6.54 Å². The Morgan fingerprint density at radius 2 is 1.78 bits per heavy atom. The maximum absolute atomic E-state index is 12.1. The summed E-state index contributed by atoms with van der Waals surface area (Å²) in [5.41, 5.74) is 0.915. The zero-order valence-electron chi connectivity index (χ0n) is 15.3. The second-order valence-electron chi connectivity index (χ2n) is 7.04. The Hall–Kier alpha value is -2.16. The van der Waals surface area contributed by atoms with E-state index in [4.69, 9.17) is 9.47 Å². The number of methoxy groups -OCH3 is 1.